The number of carbonyl (C=O) groups is 1. The topological polar surface area (TPSA) is 61.8 Å². The van der Waals surface area contributed by atoms with Gasteiger partial charge < -0.3 is 15.2 Å². The van der Waals surface area contributed by atoms with Crippen molar-refractivity contribution in [2.75, 3.05) is 25.0 Å². The highest BCUT2D eigenvalue weighted by atomic mass is 16.5. The van der Waals surface area contributed by atoms with E-state index in [1.807, 2.05) is 49.9 Å². The second-order valence-corrected chi connectivity index (χ2v) is 5.92. The predicted molar refractivity (Wildman–Crippen MR) is 87.1 cm³/mol. The van der Waals surface area contributed by atoms with Crippen LogP contribution in [0.2, 0.25) is 0 Å². The lowest BCUT2D eigenvalue weighted by Crippen LogP contribution is -2.50. The van der Waals surface area contributed by atoms with E-state index in [4.69, 9.17) is 4.74 Å². The second-order valence-electron chi connectivity index (χ2n) is 5.92. The maximum atomic E-state index is 12.5. The number of aliphatic hydroxyl groups is 1. The number of hydrogen-bond acceptors (Lipinski definition) is 4. The molecule has 2 N–H and O–H groups in total. The van der Waals surface area contributed by atoms with E-state index in [1.165, 1.54) is 0 Å². The Morgan fingerprint density at radius 1 is 1.50 bits per heavy atom. The molecule has 1 aromatic carbocycles. The minimum atomic E-state index is -0.361. The van der Waals surface area contributed by atoms with Crippen LogP contribution in [0.4, 0.5) is 5.69 Å². The number of carbonyl (C=O) groups excluding carboxylic acids is 1. The molecule has 2 rings (SSSR count). The molecule has 1 aromatic rings. The molecule has 3 unspecified atom stereocenters. The summed E-state index contributed by atoms with van der Waals surface area (Å²) in [5.74, 6) is 0.900. The third-order valence-electron chi connectivity index (χ3n) is 4.32. The highest BCUT2D eigenvalue weighted by Gasteiger charge is 2.30. The lowest BCUT2D eigenvalue weighted by Gasteiger charge is -2.37. The van der Waals surface area contributed by atoms with Crippen molar-refractivity contribution in [3.8, 4) is 5.75 Å². The number of β-amino-alcohol motifs (C(OH)–C–C–N with tert-alkyl or cyclic N) is 1. The number of benzene rings is 1. The van der Waals surface area contributed by atoms with Crippen molar-refractivity contribution < 1.29 is 14.6 Å². The van der Waals surface area contributed by atoms with E-state index in [-0.39, 0.29) is 18.1 Å². The lowest BCUT2D eigenvalue weighted by molar-refractivity contribution is -0.122. The van der Waals surface area contributed by atoms with Crippen LogP contribution in [0.1, 0.15) is 27.2 Å². The van der Waals surface area contributed by atoms with Crippen molar-refractivity contribution in [2.24, 2.45) is 5.92 Å². The molecule has 1 aliphatic heterocycles. The number of rotatable bonds is 5. The molecule has 5 heteroatoms. The molecule has 1 saturated heterocycles. The number of likely N-dealkylation sites (tertiary alicyclic amines) is 1. The van der Waals surface area contributed by atoms with Crippen LogP contribution in [0.15, 0.2) is 24.3 Å². The van der Waals surface area contributed by atoms with Crippen LogP contribution in [0.3, 0.4) is 0 Å². The Hall–Kier alpha value is -1.59. The van der Waals surface area contributed by atoms with Gasteiger partial charge in [-0.3, -0.25) is 9.69 Å². The molecule has 0 aromatic heterocycles. The molecular formula is C17H26N2O3. The zero-order valence-electron chi connectivity index (χ0n) is 13.6. The van der Waals surface area contributed by atoms with E-state index in [0.29, 0.717) is 30.5 Å². The Balaban J connectivity index is 2.00. The van der Waals surface area contributed by atoms with Gasteiger partial charge in [-0.25, -0.2) is 0 Å². The van der Waals surface area contributed by atoms with Crippen molar-refractivity contribution in [1.29, 1.82) is 0 Å². The van der Waals surface area contributed by atoms with E-state index in [9.17, 15) is 9.90 Å². The highest BCUT2D eigenvalue weighted by molar-refractivity contribution is 5.95. The minimum Gasteiger partial charge on any atom is -0.492 e. The van der Waals surface area contributed by atoms with Crippen molar-refractivity contribution in [3.05, 3.63) is 24.3 Å². The average Bonchev–Trinajstić information content (AvgIpc) is 2.51. The van der Waals surface area contributed by atoms with Crippen LogP contribution in [0, 0.1) is 5.92 Å². The van der Waals surface area contributed by atoms with Crippen LogP contribution in [-0.2, 0) is 4.79 Å². The van der Waals surface area contributed by atoms with Gasteiger partial charge in [0, 0.05) is 6.54 Å². The SMILES string of the molecule is CCOc1ccccc1NC(=O)C(C)N1CCC(C)C(O)C1. The first-order chi connectivity index (χ1) is 10.5. The fourth-order valence-corrected chi connectivity index (χ4v) is 2.68. The van der Waals surface area contributed by atoms with Crippen LogP contribution in [0.25, 0.3) is 0 Å². The van der Waals surface area contributed by atoms with Gasteiger partial charge in [0.1, 0.15) is 5.75 Å². The molecule has 0 radical (unpaired) electrons. The van der Waals surface area contributed by atoms with Gasteiger partial charge >= 0.3 is 0 Å². The number of ether oxygens (including phenoxy) is 1. The average molecular weight is 306 g/mol. The molecule has 0 spiro atoms. The van der Waals surface area contributed by atoms with Crippen molar-refractivity contribution in [1.82, 2.24) is 4.90 Å². The predicted octanol–water partition coefficient (Wildman–Crippen LogP) is 2.12. The largest absolute Gasteiger partial charge is 0.492 e. The van der Waals surface area contributed by atoms with Gasteiger partial charge in [0.2, 0.25) is 5.91 Å². The molecule has 0 saturated carbocycles. The summed E-state index contributed by atoms with van der Waals surface area (Å²) < 4.78 is 5.53. The van der Waals surface area contributed by atoms with Crippen LogP contribution < -0.4 is 10.1 Å². The molecule has 1 heterocycles. The van der Waals surface area contributed by atoms with E-state index in [2.05, 4.69) is 5.32 Å². The third kappa shape index (κ3) is 3.99. The van der Waals surface area contributed by atoms with Gasteiger partial charge in [0.15, 0.2) is 0 Å². The Kier molecular flexibility index (Phi) is 5.80. The summed E-state index contributed by atoms with van der Waals surface area (Å²) in [4.78, 5) is 14.5. The zero-order chi connectivity index (χ0) is 16.1. The van der Waals surface area contributed by atoms with Gasteiger partial charge in [-0.15, -0.1) is 0 Å². The minimum absolute atomic E-state index is 0.0751. The molecule has 1 fully saturated rings. The summed E-state index contributed by atoms with van der Waals surface area (Å²) in [5.41, 5.74) is 0.687. The Morgan fingerprint density at radius 3 is 2.91 bits per heavy atom. The first-order valence-electron chi connectivity index (χ1n) is 7.97. The van der Waals surface area contributed by atoms with Crippen LogP contribution in [-0.4, -0.2) is 47.8 Å². The summed E-state index contributed by atoms with van der Waals surface area (Å²) in [6.07, 6.45) is 0.550. The molecule has 3 atom stereocenters. The molecule has 0 bridgehead atoms. The Bertz CT molecular complexity index is 506. The fourth-order valence-electron chi connectivity index (χ4n) is 2.68. The summed E-state index contributed by atoms with van der Waals surface area (Å²) in [5, 5.41) is 12.9. The van der Waals surface area contributed by atoms with E-state index in [0.717, 1.165) is 13.0 Å². The maximum absolute atomic E-state index is 12.5. The van der Waals surface area contributed by atoms with Crippen molar-refractivity contribution in [2.45, 2.75) is 39.3 Å². The summed E-state index contributed by atoms with van der Waals surface area (Å²) in [7, 11) is 0. The third-order valence-corrected chi connectivity index (χ3v) is 4.32. The Labute approximate surface area is 132 Å². The number of anilines is 1. The van der Waals surface area contributed by atoms with Crippen molar-refractivity contribution >= 4 is 11.6 Å². The first kappa shape index (κ1) is 16.8. The number of nitrogens with one attached hydrogen (secondary N) is 1. The van der Waals surface area contributed by atoms with E-state index >= 15 is 0 Å². The fraction of sp³-hybridized carbons (Fsp3) is 0.588. The molecule has 1 amide bonds. The van der Waals surface area contributed by atoms with Gasteiger partial charge in [-0.05, 0) is 44.9 Å². The first-order valence-corrected chi connectivity index (χ1v) is 7.97. The van der Waals surface area contributed by atoms with Gasteiger partial charge in [0.25, 0.3) is 0 Å². The molecular weight excluding hydrogens is 280 g/mol. The molecule has 122 valence electrons. The number of hydrogen-bond donors (Lipinski definition) is 2. The highest BCUT2D eigenvalue weighted by Crippen LogP contribution is 2.25. The number of aliphatic hydroxyl groups excluding tert-OH is 1. The zero-order valence-corrected chi connectivity index (χ0v) is 13.6. The molecule has 22 heavy (non-hydrogen) atoms. The monoisotopic (exact) mass is 306 g/mol. The Morgan fingerprint density at radius 2 is 2.23 bits per heavy atom. The standard InChI is InChI=1S/C17H26N2O3/c1-4-22-16-8-6-5-7-14(16)18-17(21)13(3)19-10-9-12(2)15(20)11-19/h5-8,12-13,15,20H,4,9-11H2,1-3H3,(H,18,21). The van der Waals surface area contributed by atoms with E-state index < -0.39 is 0 Å². The maximum Gasteiger partial charge on any atom is 0.241 e. The summed E-state index contributed by atoms with van der Waals surface area (Å²) >= 11 is 0. The number of para-hydroxylation sites is 2. The normalized spacial score (nSPS) is 23.8. The molecule has 0 aliphatic carbocycles. The number of amides is 1. The van der Waals surface area contributed by atoms with Crippen LogP contribution >= 0.6 is 0 Å². The van der Waals surface area contributed by atoms with Gasteiger partial charge in [-0.2, -0.15) is 0 Å². The van der Waals surface area contributed by atoms with Crippen molar-refractivity contribution in [3.63, 3.8) is 0 Å². The van der Waals surface area contributed by atoms with E-state index in [1.54, 1.807) is 0 Å². The quantitative estimate of drug-likeness (QED) is 0.875. The summed E-state index contributed by atoms with van der Waals surface area (Å²) in [6.45, 7) is 7.77. The molecule has 1 aliphatic rings. The lowest BCUT2D eigenvalue weighted by atomic mass is 9.95. The molecule has 5 nitrogen and oxygen atoms in total. The summed E-state index contributed by atoms with van der Waals surface area (Å²) in [6, 6.07) is 7.15. The van der Waals surface area contributed by atoms with Gasteiger partial charge in [0.05, 0.1) is 24.4 Å². The number of piperidine rings is 1. The smallest absolute Gasteiger partial charge is 0.241 e. The second kappa shape index (κ2) is 7.61. The number of nitrogens with zero attached hydrogens (tertiary/aromatic N) is 1. The van der Waals surface area contributed by atoms with Crippen LogP contribution in [0.5, 0.6) is 5.75 Å². The van der Waals surface area contributed by atoms with Gasteiger partial charge in [-0.1, -0.05) is 19.1 Å².